The van der Waals surface area contributed by atoms with Gasteiger partial charge in [-0.3, -0.25) is 14.3 Å². The Labute approximate surface area is 112 Å². The zero-order valence-electron chi connectivity index (χ0n) is 10.2. The monoisotopic (exact) mass is 271 g/mol. The smallest absolute Gasteiger partial charge is 0.335 e. The van der Waals surface area contributed by atoms with E-state index in [2.05, 4.69) is 0 Å². The van der Waals surface area contributed by atoms with Gasteiger partial charge in [-0.1, -0.05) is 12.1 Å². The Morgan fingerprint density at radius 3 is 2.50 bits per heavy atom. The molecular formula is C13H9N3O4. The molecule has 7 heteroatoms. The Kier molecular flexibility index (Phi) is 3.48. The van der Waals surface area contributed by atoms with Gasteiger partial charge in [-0.05, 0) is 17.7 Å². The number of nitrogens with zero attached hydrogens (tertiary/aromatic N) is 2. The normalized spacial score (nSPS) is 9.95. The maximum absolute atomic E-state index is 11.6. The first-order valence-electron chi connectivity index (χ1n) is 5.57. The number of carbonyl (C=O) groups is 1. The first-order chi connectivity index (χ1) is 9.51. The van der Waals surface area contributed by atoms with E-state index in [1.165, 1.54) is 22.9 Å². The van der Waals surface area contributed by atoms with Crippen LogP contribution in [0.4, 0.5) is 0 Å². The van der Waals surface area contributed by atoms with E-state index in [-0.39, 0.29) is 17.7 Å². The van der Waals surface area contributed by atoms with Crippen molar-refractivity contribution in [2.24, 2.45) is 0 Å². The summed E-state index contributed by atoms with van der Waals surface area (Å²) in [5.41, 5.74) is -0.702. The van der Waals surface area contributed by atoms with Crippen molar-refractivity contribution in [2.45, 2.75) is 6.54 Å². The number of nitrogens with one attached hydrogen (secondary N) is 1. The molecule has 0 atom stereocenters. The second-order valence-electron chi connectivity index (χ2n) is 4.04. The van der Waals surface area contributed by atoms with Crippen LogP contribution in [0.25, 0.3) is 0 Å². The van der Waals surface area contributed by atoms with Gasteiger partial charge in [0.2, 0.25) is 0 Å². The first-order valence-corrected chi connectivity index (χ1v) is 5.57. The Morgan fingerprint density at radius 2 is 1.95 bits per heavy atom. The third-order valence-electron chi connectivity index (χ3n) is 2.69. The van der Waals surface area contributed by atoms with Crippen LogP contribution < -0.4 is 11.2 Å². The molecule has 0 aliphatic carbocycles. The SMILES string of the molecule is N#Cc1cn(Cc2ccc(C(=O)O)cc2)c(=O)[nH]c1=O. The number of aromatic carboxylic acids is 1. The quantitative estimate of drug-likeness (QED) is 0.824. The summed E-state index contributed by atoms with van der Waals surface area (Å²) in [7, 11) is 0. The van der Waals surface area contributed by atoms with Gasteiger partial charge in [0.25, 0.3) is 5.56 Å². The summed E-state index contributed by atoms with van der Waals surface area (Å²) in [6, 6.07) is 7.65. The van der Waals surface area contributed by atoms with Gasteiger partial charge >= 0.3 is 11.7 Å². The zero-order chi connectivity index (χ0) is 14.7. The molecule has 0 aliphatic heterocycles. The zero-order valence-corrected chi connectivity index (χ0v) is 10.2. The molecule has 0 amide bonds. The molecule has 0 saturated heterocycles. The molecule has 0 unspecified atom stereocenters. The van der Waals surface area contributed by atoms with Crippen LogP contribution in [0.2, 0.25) is 0 Å². The van der Waals surface area contributed by atoms with Crippen LogP contribution in [-0.4, -0.2) is 20.6 Å². The third kappa shape index (κ3) is 2.64. The van der Waals surface area contributed by atoms with Gasteiger partial charge in [0.15, 0.2) is 0 Å². The molecule has 7 nitrogen and oxygen atoms in total. The number of carboxylic acids is 1. The molecule has 0 fully saturated rings. The van der Waals surface area contributed by atoms with E-state index < -0.39 is 17.2 Å². The van der Waals surface area contributed by atoms with Crippen LogP contribution in [0.15, 0.2) is 40.1 Å². The molecule has 2 N–H and O–H groups in total. The van der Waals surface area contributed by atoms with Gasteiger partial charge < -0.3 is 5.11 Å². The van der Waals surface area contributed by atoms with E-state index in [4.69, 9.17) is 10.4 Å². The molecule has 0 bridgehead atoms. The lowest BCUT2D eigenvalue weighted by Gasteiger charge is -2.05. The average molecular weight is 271 g/mol. The van der Waals surface area contributed by atoms with Crippen molar-refractivity contribution in [2.75, 3.05) is 0 Å². The maximum Gasteiger partial charge on any atom is 0.335 e. The molecule has 0 saturated carbocycles. The minimum Gasteiger partial charge on any atom is -0.478 e. The van der Waals surface area contributed by atoms with Crippen molar-refractivity contribution in [3.63, 3.8) is 0 Å². The molecule has 1 aromatic carbocycles. The van der Waals surface area contributed by atoms with Crippen LogP contribution in [0, 0.1) is 11.3 Å². The van der Waals surface area contributed by atoms with E-state index >= 15 is 0 Å². The highest BCUT2D eigenvalue weighted by Crippen LogP contribution is 2.05. The fraction of sp³-hybridized carbons (Fsp3) is 0.0769. The van der Waals surface area contributed by atoms with Crippen LogP contribution >= 0.6 is 0 Å². The number of carboxylic acid groups (broad SMARTS) is 1. The Morgan fingerprint density at radius 1 is 1.30 bits per heavy atom. The van der Waals surface area contributed by atoms with Gasteiger partial charge in [-0.15, -0.1) is 0 Å². The molecule has 1 heterocycles. The standard InChI is InChI=1S/C13H9N3O4/c14-5-10-7-16(13(20)15-11(10)17)6-8-1-3-9(4-2-8)12(18)19/h1-4,7H,6H2,(H,18,19)(H,15,17,20). The van der Waals surface area contributed by atoms with Crippen LogP contribution in [0.1, 0.15) is 21.5 Å². The summed E-state index contributed by atoms with van der Waals surface area (Å²) in [5, 5.41) is 17.5. The second kappa shape index (κ2) is 5.24. The summed E-state index contributed by atoms with van der Waals surface area (Å²) in [6.07, 6.45) is 1.17. The summed E-state index contributed by atoms with van der Waals surface area (Å²) in [5.74, 6) is -1.04. The molecule has 2 rings (SSSR count). The van der Waals surface area contributed by atoms with Gasteiger partial charge in [-0.2, -0.15) is 5.26 Å². The van der Waals surface area contributed by atoms with Crippen LogP contribution in [0.5, 0.6) is 0 Å². The van der Waals surface area contributed by atoms with Crippen molar-refractivity contribution < 1.29 is 9.90 Å². The van der Waals surface area contributed by atoms with Gasteiger partial charge in [0.05, 0.1) is 12.1 Å². The third-order valence-corrected chi connectivity index (χ3v) is 2.69. The van der Waals surface area contributed by atoms with E-state index in [9.17, 15) is 14.4 Å². The number of rotatable bonds is 3. The Hall–Kier alpha value is -3.14. The van der Waals surface area contributed by atoms with E-state index in [0.717, 1.165) is 0 Å². The molecule has 0 radical (unpaired) electrons. The lowest BCUT2D eigenvalue weighted by Crippen LogP contribution is -2.31. The Balaban J connectivity index is 2.35. The summed E-state index contributed by atoms with van der Waals surface area (Å²) >= 11 is 0. The number of hydrogen-bond donors (Lipinski definition) is 2. The lowest BCUT2D eigenvalue weighted by molar-refractivity contribution is 0.0697. The fourth-order valence-electron chi connectivity index (χ4n) is 1.66. The van der Waals surface area contributed by atoms with E-state index in [1.54, 1.807) is 18.2 Å². The van der Waals surface area contributed by atoms with Crippen molar-refractivity contribution >= 4 is 5.97 Å². The molecule has 0 spiro atoms. The minimum atomic E-state index is -1.04. The topological polar surface area (TPSA) is 116 Å². The number of aromatic amines is 1. The van der Waals surface area contributed by atoms with E-state index in [0.29, 0.717) is 5.56 Å². The van der Waals surface area contributed by atoms with Gasteiger partial charge in [-0.25, -0.2) is 9.59 Å². The first kappa shape index (κ1) is 13.3. The number of H-pyrrole nitrogens is 1. The second-order valence-corrected chi connectivity index (χ2v) is 4.04. The summed E-state index contributed by atoms with van der Waals surface area (Å²) in [4.78, 5) is 35.6. The molecule has 100 valence electrons. The molecule has 2 aromatic rings. The summed E-state index contributed by atoms with van der Waals surface area (Å²) < 4.78 is 1.18. The molecule has 20 heavy (non-hydrogen) atoms. The average Bonchev–Trinajstić information content (AvgIpc) is 2.42. The number of nitriles is 1. The van der Waals surface area contributed by atoms with Crippen molar-refractivity contribution in [3.05, 3.63) is 68.0 Å². The van der Waals surface area contributed by atoms with Crippen molar-refractivity contribution in [1.82, 2.24) is 9.55 Å². The summed E-state index contributed by atoms with van der Waals surface area (Å²) in [6.45, 7) is 0.129. The number of aromatic nitrogens is 2. The van der Waals surface area contributed by atoms with Gasteiger partial charge in [0.1, 0.15) is 11.6 Å². The number of benzene rings is 1. The highest BCUT2D eigenvalue weighted by molar-refractivity contribution is 5.87. The van der Waals surface area contributed by atoms with Crippen molar-refractivity contribution in [1.29, 1.82) is 5.26 Å². The maximum atomic E-state index is 11.6. The predicted molar refractivity (Wildman–Crippen MR) is 68.5 cm³/mol. The molecule has 0 aliphatic rings. The van der Waals surface area contributed by atoms with Crippen molar-refractivity contribution in [3.8, 4) is 6.07 Å². The van der Waals surface area contributed by atoms with E-state index in [1.807, 2.05) is 4.98 Å². The molecule has 1 aromatic heterocycles. The highest BCUT2D eigenvalue weighted by atomic mass is 16.4. The largest absolute Gasteiger partial charge is 0.478 e. The minimum absolute atomic E-state index is 0.129. The van der Waals surface area contributed by atoms with Crippen LogP contribution in [-0.2, 0) is 6.54 Å². The Bertz CT molecular complexity index is 809. The lowest BCUT2D eigenvalue weighted by atomic mass is 10.1. The van der Waals surface area contributed by atoms with Gasteiger partial charge in [0, 0.05) is 6.20 Å². The highest BCUT2D eigenvalue weighted by Gasteiger charge is 2.06. The molecular weight excluding hydrogens is 262 g/mol. The van der Waals surface area contributed by atoms with Crippen LogP contribution in [0.3, 0.4) is 0 Å². The predicted octanol–water partition coefficient (Wildman–Crippen LogP) is 0.155. The number of hydrogen-bond acceptors (Lipinski definition) is 4. The fourth-order valence-corrected chi connectivity index (χ4v) is 1.66.